The van der Waals surface area contributed by atoms with Crippen LogP contribution in [0.3, 0.4) is 0 Å². The molecule has 0 aliphatic carbocycles. The Morgan fingerprint density at radius 2 is 1.00 bits per heavy atom. The molecule has 3 aromatic rings. The Morgan fingerprint density at radius 1 is 0.571 bits per heavy atom. The number of likely N-dealkylation sites (tertiary alicyclic amines) is 2. The van der Waals surface area contributed by atoms with E-state index in [-0.39, 0.29) is 11.5 Å². The van der Waals surface area contributed by atoms with E-state index in [1.807, 2.05) is 48.5 Å². The molecule has 2 aliphatic heterocycles. The first-order valence-electron chi connectivity index (χ1n) is 15.9. The van der Waals surface area contributed by atoms with Gasteiger partial charge in [-0.15, -0.1) is 0 Å². The Balaban J connectivity index is 1.16. The molecule has 2 fully saturated rings. The van der Waals surface area contributed by atoms with Crippen LogP contribution in [0.2, 0.25) is 0 Å². The SMILES string of the molecule is Oc1cc(CCCN2CCCCC2)ccc1C=Nc1ccccc1N=Cc1ccc(CCCN2CCCCC2)cc1O. The predicted molar refractivity (Wildman–Crippen MR) is 174 cm³/mol. The molecular weight excluding hydrogens is 520 g/mol. The molecular formula is C36H46N4O2. The van der Waals surface area contributed by atoms with Crippen molar-refractivity contribution in [3.63, 3.8) is 0 Å². The summed E-state index contributed by atoms with van der Waals surface area (Å²) < 4.78 is 0. The minimum atomic E-state index is 0.246. The summed E-state index contributed by atoms with van der Waals surface area (Å²) in [5.41, 5.74) is 5.07. The third kappa shape index (κ3) is 9.01. The highest BCUT2D eigenvalue weighted by Crippen LogP contribution is 2.29. The summed E-state index contributed by atoms with van der Waals surface area (Å²) in [5, 5.41) is 21.3. The summed E-state index contributed by atoms with van der Waals surface area (Å²) in [6.07, 6.45) is 15.5. The Labute approximate surface area is 251 Å². The van der Waals surface area contributed by atoms with E-state index in [1.165, 1.54) is 64.7 Å². The largest absolute Gasteiger partial charge is 0.507 e. The number of hydrogen-bond acceptors (Lipinski definition) is 6. The van der Waals surface area contributed by atoms with Crippen LogP contribution in [0.4, 0.5) is 11.4 Å². The van der Waals surface area contributed by atoms with Gasteiger partial charge in [-0.3, -0.25) is 9.98 Å². The van der Waals surface area contributed by atoms with Crippen molar-refractivity contribution in [1.82, 2.24) is 9.80 Å². The number of aromatic hydroxyl groups is 2. The highest BCUT2D eigenvalue weighted by atomic mass is 16.3. The minimum Gasteiger partial charge on any atom is -0.507 e. The lowest BCUT2D eigenvalue weighted by Gasteiger charge is -2.26. The van der Waals surface area contributed by atoms with E-state index in [4.69, 9.17) is 0 Å². The lowest BCUT2D eigenvalue weighted by atomic mass is 10.1. The second-order valence-electron chi connectivity index (χ2n) is 11.8. The van der Waals surface area contributed by atoms with Crippen molar-refractivity contribution in [1.29, 1.82) is 0 Å². The topological polar surface area (TPSA) is 71.7 Å². The summed E-state index contributed by atoms with van der Waals surface area (Å²) in [4.78, 5) is 14.4. The number of aryl methyl sites for hydroxylation is 2. The van der Waals surface area contributed by atoms with Crippen molar-refractivity contribution < 1.29 is 10.2 Å². The fourth-order valence-electron chi connectivity index (χ4n) is 6.05. The highest BCUT2D eigenvalue weighted by Gasteiger charge is 2.11. The van der Waals surface area contributed by atoms with Crippen molar-refractivity contribution in [2.45, 2.75) is 64.2 Å². The molecule has 2 N–H and O–H groups in total. The molecule has 6 nitrogen and oxygen atoms in total. The third-order valence-corrected chi connectivity index (χ3v) is 8.53. The van der Waals surface area contributed by atoms with Gasteiger partial charge in [-0.05, 0) is 138 Å². The molecule has 0 unspecified atom stereocenters. The summed E-state index contributed by atoms with van der Waals surface area (Å²) >= 11 is 0. The van der Waals surface area contributed by atoms with E-state index in [0.29, 0.717) is 22.5 Å². The maximum Gasteiger partial charge on any atom is 0.124 e. The molecule has 3 aromatic carbocycles. The molecule has 0 saturated carbocycles. The van der Waals surface area contributed by atoms with Crippen LogP contribution in [0.1, 0.15) is 73.6 Å². The number of aliphatic imine (C=N–C) groups is 2. The standard InChI is InChI=1S/C36H46N4O2/c41-35-25-29(11-9-23-39-19-5-1-6-20-39)15-17-31(35)27-37-33-13-3-4-14-34(33)38-28-32-18-16-30(26-36(32)42)12-10-24-40-21-7-2-8-22-40/h3-4,13-18,25-28,41-42H,1-2,5-12,19-24H2. The molecule has 0 amide bonds. The van der Waals surface area contributed by atoms with Crippen LogP contribution in [0.15, 0.2) is 70.6 Å². The molecule has 0 aromatic heterocycles. The van der Waals surface area contributed by atoms with Gasteiger partial charge >= 0.3 is 0 Å². The smallest absolute Gasteiger partial charge is 0.124 e. The number of phenolic OH excluding ortho intramolecular Hbond substituents is 2. The number of hydrogen-bond donors (Lipinski definition) is 2. The number of phenols is 2. The Hall–Kier alpha value is -3.48. The Kier molecular flexibility index (Phi) is 11.2. The van der Waals surface area contributed by atoms with Gasteiger partial charge in [0.25, 0.3) is 0 Å². The van der Waals surface area contributed by atoms with Gasteiger partial charge in [0.05, 0.1) is 11.4 Å². The molecule has 2 saturated heterocycles. The third-order valence-electron chi connectivity index (χ3n) is 8.53. The van der Waals surface area contributed by atoms with Crippen molar-refractivity contribution in [2.24, 2.45) is 9.98 Å². The van der Waals surface area contributed by atoms with Gasteiger partial charge in [-0.25, -0.2) is 0 Å². The van der Waals surface area contributed by atoms with Gasteiger partial charge in [-0.1, -0.05) is 37.1 Å². The van der Waals surface area contributed by atoms with Crippen LogP contribution in [0, 0.1) is 0 Å². The van der Waals surface area contributed by atoms with Crippen molar-refractivity contribution >= 4 is 23.8 Å². The molecule has 2 heterocycles. The van der Waals surface area contributed by atoms with Gasteiger partial charge in [0, 0.05) is 23.6 Å². The summed E-state index contributed by atoms with van der Waals surface area (Å²) in [6, 6.07) is 19.4. The number of benzene rings is 3. The van der Waals surface area contributed by atoms with Crippen LogP contribution in [0.25, 0.3) is 0 Å². The molecule has 0 spiro atoms. The van der Waals surface area contributed by atoms with Crippen LogP contribution in [-0.2, 0) is 12.8 Å². The summed E-state index contributed by atoms with van der Waals surface area (Å²) in [7, 11) is 0. The molecule has 0 bridgehead atoms. The van der Waals surface area contributed by atoms with Crippen LogP contribution < -0.4 is 0 Å². The molecule has 6 heteroatoms. The lowest BCUT2D eigenvalue weighted by Crippen LogP contribution is -2.30. The lowest BCUT2D eigenvalue weighted by molar-refractivity contribution is 0.226. The van der Waals surface area contributed by atoms with Crippen LogP contribution >= 0.6 is 0 Å². The van der Waals surface area contributed by atoms with E-state index >= 15 is 0 Å². The molecule has 5 rings (SSSR count). The zero-order chi connectivity index (χ0) is 29.0. The second kappa shape index (κ2) is 15.7. The predicted octanol–water partition coefficient (Wildman–Crippen LogP) is 7.44. The number of rotatable bonds is 12. The minimum absolute atomic E-state index is 0.246. The zero-order valence-electron chi connectivity index (χ0n) is 24.9. The molecule has 0 atom stereocenters. The van der Waals surface area contributed by atoms with E-state index in [9.17, 15) is 10.2 Å². The van der Waals surface area contributed by atoms with Gasteiger partial charge in [-0.2, -0.15) is 0 Å². The molecule has 0 radical (unpaired) electrons. The van der Waals surface area contributed by atoms with Gasteiger partial charge < -0.3 is 20.0 Å². The highest BCUT2D eigenvalue weighted by molar-refractivity contribution is 5.89. The maximum atomic E-state index is 10.7. The van der Waals surface area contributed by atoms with Crippen molar-refractivity contribution in [3.05, 3.63) is 82.9 Å². The average Bonchev–Trinajstić information content (AvgIpc) is 3.02. The summed E-state index contributed by atoms with van der Waals surface area (Å²) in [6.45, 7) is 7.14. The van der Waals surface area contributed by atoms with Gasteiger partial charge in [0.15, 0.2) is 0 Å². The molecule has 222 valence electrons. The van der Waals surface area contributed by atoms with Crippen molar-refractivity contribution in [2.75, 3.05) is 39.3 Å². The Morgan fingerprint density at radius 3 is 1.40 bits per heavy atom. The number of nitrogens with zero attached hydrogens (tertiary/aromatic N) is 4. The average molecular weight is 567 g/mol. The Bertz CT molecular complexity index is 1240. The zero-order valence-corrected chi connectivity index (χ0v) is 24.9. The second-order valence-corrected chi connectivity index (χ2v) is 11.8. The maximum absolute atomic E-state index is 10.7. The normalized spacial score (nSPS) is 17.0. The van der Waals surface area contributed by atoms with E-state index in [0.717, 1.165) is 49.9 Å². The fraction of sp³-hybridized carbons (Fsp3) is 0.444. The van der Waals surface area contributed by atoms with Crippen LogP contribution in [-0.4, -0.2) is 71.7 Å². The van der Waals surface area contributed by atoms with E-state index in [2.05, 4.69) is 31.9 Å². The first kappa shape index (κ1) is 30.0. The quantitative estimate of drug-likeness (QED) is 0.224. The monoisotopic (exact) mass is 566 g/mol. The van der Waals surface area contributed by atoms with Crippen molar-refractivity contribution in [3.8, 4) is 11.5 Å². The first-order chi connectivity index (χ1) is 20.6. The molecule has 2 aliphatic rings. The summed E-state index contributed by atoms with van der Waals surface area (Å²) in [5.74, 6) is 0.493. The van der Waals surface area contributed by atoms with Gasteiger partial charge in [0.2, 0.25) is 0 Å². The van der Waals surface area contributed by atoms with Crippen LogP contribution in [0.5, 0.6) is 11.5 Å². The van der Waals surface area contributed by atoms with E-state index in [1.54, 1.807) is 12.4 Å². The number of piperidine rings is 2. The number of para-hydroxylation sites is 2. The van der Waals surface area contributed by atoms with Gasteiger partial charge in [0.1, 0.15) is 11.5 Å². The van der Waals surface area contributed by atoms with E-state index < -0.39 is 0 Å². The molecule has 42 heavy (non-hydrogen) atoms. The fourth-order valence-corrected chi connectivity index (χ4v) is 6.05. The first-order valence-corrected chi connectivity index (χ1v) is 15.9.